The minimum Gasteiger partial charge on any atom is -0.490 e. The Hall–Kier alpha value is -3.42. The number of fused-ring (bicyclic) bond motifs is 1. The van der Waals surface area contributed by atoms with E-state index in [0.717, 1.165) is 21.2 Å². The van der Waals surface area contributed by atoms with E-state index in [1.807, 2.05) is 62.4 Å². The van der Waals surface area contributed by atoms with Gasteiger partial charge in [-0.2, -0.15) is 9.78 Å². The number of allylic oxidation sites excluding steroid dienone is 1. The number of benzene rings is 3. The molecule has 0 fully saturated rings. The van der Waals surface area contributed by atoms with Crippen molar-refractivity contribution in [3.63, 3.8) is 0 Å². The number of rotatable bonds is 10. The van der Waals surface area contributed by atoms with Crippen molar-refractivity contribution in [3.8, 4) is 11.5 Å². The van der Waals surface area contributed by atoms with Crippen LogP contribution in [0.3, 0.4) is 0 Å². The Morgan fingerprint density at radius 3 is 2.65 bits per heavy atom. The summed E-state index contributed by atoms with van der Waals surface area (Å²) in [6.07, 6.45) is 4.56. The van der Waals surface area contributed by atoms with Crippen LogP contribution >= 0.6 is 27.5 Å². The second-order valence-corrected chi connectivity index (χ2v) is 9.54. The monoisotopic (exact) mass is 579 g/mol. The smallest absolute Gasteiger partial charge is 0.282 e. The maximum Gasteiger partial charge on any atom is 0.282 e. The van der Waals surface area contributed by atoms with E-state index in [2.05, 4.69) is 32.6 Å². The van der Waals surface area contributed by atoms with Gasteiger partial charge >= 0.3 is 0 Å². The van der Waals surface area contributed by atoms with Crippen molar-refractivity contribution in [2.75, 3.05) is 6.61 Å². The summed E-state index contributed by atoms with van der Waals surface area (Å²) in [4.78, 5) is 17.9. The van der Waals surface area contributed by atoms with Crippen molar-refractivity contribution < 1.29 is 9.47 Å². The van der Waals surface area contributed by atoms with Crippen molar-refractivity contribution in [1.82, 2.24) is 9.66 Å². The van der Waals surface area contributed by atoms with Gasteiger partial charge in [0, 0.05) is 27.0 Å². The number of aromatic nitrogens is 2. The topological polar surface area (TPSA) is 65.7 Å². The first-order valence-electron chi connectivity index (χ1n) is 12.0. The Bertz CT molecular complexity index is 1530. The fraction of sp³-hybridized carbons (Fsp3) is 0.207. The highest BCUT2D eigenvalue weighted by Gasteiger charge is 2.15. The lowest BCUT2D eigenvalue weighted by Crippen LogP contribution is -2.22. The molecule has 0 aliphatic heterocycles. The lowest BCUT2D eigenvalue weighted by atomic mass is 10.1. The van der Waals surface area contributed by atoms with E-state index in [1.165, 1.54) is 4.68 Å². The van der Waals surface area contributed by atoms with Gasteiger partial charge in [-0.05, 0) is 55.3 Å². The molecule has 0 radical (unpaired) electrons. The first kappa shape index (κ1) is 26.6. The molecule has 6 nitrogen and oxygen atoms in total. The quantitative estimate of drug-likeness (QED) is 0.150. The molecule has 0 unspecified atom stereocenters. The first-order valence-corrected chi connectivity index (χ1v) is 13.1. The zero-order valence-electron chi connectivity index (χ0n) is 20.7. The molecule has 3 aromatic carbocycles. The lowest BCUT2D eigenvalue weighted by Gasteiger charge is -2.17. The summed E-state index contributed by atoms with van der Waals surface area (Å²) in [5, 5.41) is 5.66. The highest BCUT2D eigenvalue weighted by Crippen LogP contribution is 2.35. The molecule has 0 atom stereocenters. The maximum atomic E-state index is 13.2. The van der Waals surface area contributed by atoms with E-state index in [0.29, 0.717) is 59.3 Å². The van der Waals surface area contributed by atoms with Crippen molar-refractivity contribution in [3.05, 3.63) is 110 Å². The molecule has 0 aliphatic carbocycles. The molecule has 37 heavy (non-hydrogen) atoms. The molecule has 0 amide bonds. The average Bonchev–Trinajstić information content (AvgIpc) is 2.89. The number of hydrogen-bond donors (Lipinski definition) is 0. The normalized spacial score (nSPS) is 11.2. The van der Waals surface area contributed by atoms with E-state index in [4.69, 9.17) is 21.1 Å². The SMILES string of the molecule is C=CCc1cc(C=Nn2c(CC)nc3ccc(Br)cc3c2=O)cc(OCC)c1OCc1ccccc1Cl. The molecule has 190 valence electrons. The summed E-state index contributed by atoms with van der Waals surface area (Å²) in [5.41, 5.74) is 2.94. The summed E-state index contributed by atoms with van der Waals surface area (Å²) in [5.74, 6) is 1.79. The molecule has 1 aromatic heterocycles. The highest BCUT2D eigenvalue weighted by atomic mass is 79.9. The molecule has 8 heteroatoms. The van der Waals surface area contributed by atoms with Gasteiger partial charge in [-0.15, -0.1) is 6.58 Å². The molecule has 0 spiro atoms. The molecular weight excluding hydrogens is 554 g/mol. The summed E-state index contributed by atoms with van der Waals surface area (Å²) in [7, 11) is 0. The Balaban J connectivity index is 1.74. The minimum absolute atomic E-state index is 0.226. The fourth-order valence-electron chi connectivity index (χ4n) is 3.92. The van der Waals surface area contributed by atoms with Crippen molar-refractivity contribution in [2.45, 2.75) is 33.3 Å². The van der Waals surface area contributed by atoms with Gasteiger partial charge in [-0.3, -0.25) is 4.79 Å². The Morgan fingerprint density at radius 2 is 1.92 bits per heavy atom. The van der Waals surface area contributed by atoms with Gasteiger partial charge in [0.15, 0.2) is 11.5 Å². The van der Waals surface area contributed by atoms with Gasteiger partial charge in [0.2, 0.25) is 0 Å². The van der Waals surface area contributed by atoms with Gasteiger partial charge in [0.1, 0.15) is 12.4 Å². The molecule has 0 saturated carbocycles. The zero-order valence-corrected chi connectivity index (χ0v) is 23.1. The fourth-order valence-corrected chi connectivity index (χ4v) is 4.48. The average molecular weight is 581 g/mol. The molecule has 0 bridgehead atoms. The molecular formula is C29H27BrClN3O3. The molecule has 4 aromatic rings. The van der Waals surface area contributed by atoms with Crippen LogP contribution in [0.5, 0.6) is 11.5 Å². The predicted octanol–water partition coefficient (Wildman–Crippen LogP) is 6.96. The van der Waals surface area contributed by atoms with E-state index in [9.17, 15) is 4.79 Å². The molecule has 4 rings (SSSR count). The molecule has 0 saturated heterocycles. The number of nitrogens with zero attached hydrogens (tertiary/aromatic N) is 3. The van der Waals surface area contributed by atoms with E-state index >= 15 is 0 Å². The van der Waals surface area contributed by atoms with E-state index in [1.54, 1.807) is 18.4 Å². The highest BCUT2D eigenvalue weighted by molar-refractivity contribution is 9.10. The van der Waals surface area contributed by atoms with Crippen molar-refractivity contribution in [2.24, 2.45) is 5.10 Å². The first-order chi connectivity index (χ1) is 17.9. The summed E-state index contributed by atoms with van der Waals surface area (Å²) in [6, 6.07) is 16.8. The summed E-state index contributed by atoms with van der Waals surface area (Å²) < 4.78 is 14.3. The molecule has 0 N–H and O–H groups in total. The number of halogens is 2. The van der Waals surface area contributed by atoms with Crippen LogP contribution in [0.25, 0.3) is 10.9 Å². The molecule has 0 aliphatic rings. The van der Waals surface area contributed by atoms with E-state index < -0.39 is 0 Å². The summed E-state index contributed by atoms with van der Waals surface area (Å²) >= 11 is 9.75. The number of hydrogen-bond acceptors (Lipinski definition) is 5. The summed E-state index contributed by atoms with van der Waals surface area (Å²) in [6.45, 7) is 8.50. The third-order valence-corrected chi connectivity index (χ3v) is 6.52. The Morgan fingerprint density at radius 1 is 1.11 bits per heavy atom. The van der Waals surface area contributed by atoms with Crippen LogP contribution in [0.2, 0.25) is 5.02 Å². The van der Waals surface area contributed by atoms with Crippen LogP contribution in [0, 0.1) is 0 Å². The third kappa shape index (κ3) is 6.12. The molecule has 1 heterocycles. The standard InChI is InChI=1S/C29H27BrClN3O3/c1-4-9-20-14-19(15-26(36-6-3)28(20)37-18-21-10-7-8-11-24(21)31)17-32-34-27(5-2)33-25-13-12-22(30)16-23(25)29(34)35/h4,7-8,10-17H,1,5-6,9,18H2,2-3H3. The number of aryl methyl sites for hydroxylation is 1. The second-order valence-electron chi connectivity index (χ2n) is 8.22. The zero-order chi connectivity index (χ0) is 26.4. The van der Waals surface area contributed by atoms with Crippen molar-refractivity contribution >= 4 is 44.6 Å². The predicted molar refractivity (Wildman–Crippen MR) is 153 cm³/mol. The Kier molecular flexibility index (Phi) is 8.79. The van der Waals surface area contributed by atoms with Gasteiger partial charge in [-0.25, -0.2) is 4.98 Å². The van der Waals surface area contributed by atoms with Gasteiger partial charge in [0.25, 0.3) is 5.56 Å². The van der Waals surface area contributed by atoms with Crippen molar-refractivity contribution in [1.29, 1.82) is 0 Å². The Labute approximate surface area is 229 Å². The lowest BCUT2D eigenvalue weighted by molar-refractivity contribution is 0.267. The minimum atomic E-state index is -0.226. The van der Waals surface area contributed by atoms with Crippen LogP contribution in [0.4, 0.5) is 0 Å². The largest absolute Gasteiger partial charge is 0.490 e. The third-order valence-electron chi connectivity index (χ3n) is 5.66. The van der Waals surface area contributed by atoms with Gasteiger partial charge in [0.05, 0.1) is 23.7 Å². The maximum absolute atomic E-state index is 13.2. The second kappa shape index (κ2) is 12.2. The van der Waals surface area contributed by atoms with E-state index in [-0.39, 0.29) is 5.56 Å². The van der Waals surface area contributed by atoms with Gasteiger partial charge < -0.3 is 9.47 Å². The van der Waals surface area contributed by atoms with Crippen LogP contribution < -0.4 is 15.0 Å². The van der Waals surface area contributed by atoms with Gasteiger partial charge in [-0.1, -0.05) is 58.7 Å². The van der Waals surface area contributed by atoms with Crippen LogP contribution in [0.1, 0.15) is 36.4 Å². The van der Waals surface area contributed by atoms with Crippen LogP contribution in [0.15, 0.2) is 81.6 Å². The van der Waals surface area contributed by atoms with Crippen LogP contribution in [-0.4, -0.2) is 22.5 Å². The van der Waals surface area contributed by atoms with Crippen LogP contribution in [-0.2, 0) is 19.4 Å². The number of ether oxygens (including phenoxy) is 2.